The van der Waals surface area contributed by atoms with E-state index in [4.69, 9.17) is 18.6 Å². The molecule has 1 aromatic heterocycles. The van der Waals surface area contributed by atoms with Crippen molar-refractivity contribution >= 4 is 11.0 Å². The van der Waals surface area contributed by atoms with Gasteiger partial charge >= 0.3 is 0 Å². The molecule has 38 heavy (non-hydrogen) atoms. The van der Waals surface area contributed by atoms with Crippen LogP contribution in [0.1, 0.15) is 30.5 Å². The van der Waals surface area contributed by atoms with Gasteiger partial charge in [-0.25, -0.2) is 0 Å². The molecule has 194 valence electrons. The highest BCUT2D eigenvalue weighted by Gasteiger charge is 2.22. The first kappa shape index (κ1) is 26.6. The Morgan fingerprint density at radius 2 is 1.26 bits per heavy atom. The highest BCUT2D eigenvalue weighted by Crippen LogP contribution is 2.42. The SMILES string of the molecule is CC.COc1c(OCc2ccccc2)cc(OCc2ccccc2)c2c(=O)cc(-c3ccc(C)cc3)oc12. The Kier molecular flexibility index (Phi) is 8.83. The third kappa shape index (κ3) is 6.06. The molecule has 0 N–H and O–H groups in total. The molecule has 0 amide bonds. The van der Waals surface area contributed by atoms with Crippen LogP contribution in [0.5, 0.6) is 17.2 Å². The lowest BCUT2D eigenvalue weighted by Gasteiger charge is -2.16. The van der Waals surface area contributed by atoms with E-state index in [1.165, 1.54) is 13.2 Å². The zero-order valence-electron chi connectivity index (χ0n) is 22.2. The molecule has 0 bridgehead atoms. The lowest BCUT2D eigenvalue weighted by molar-refractivity contribution is 0.276. The van der Waals surface area contributed by atoms with E-state index in [1.807, 2.05) is 106 Å². The Bertz CT molecular complexity index is 1520. The van der Waals surface area contributed by atoms with Gasteiger partial charge in [0.2, 0.25) is 5.75 Å². The minimum atomic E-state index is -0.220. The van der Waals surface area contributed by atoms with Crippen molar-refractivity contribution in [2.45, 2.75) is 34.0 Å². The fourth-order valence-corrected chi connectivity index (χ4v) is 4.00. The predicted octanol–water partition coefficient (Wildman–Crippen LogP) is 7.96. The summed E-state index contributed by atoms with van der Waals surface area (Å²) >= 11 is 0. The molecule has 0 aliphatic carbocycles. The van der Waals surface area contributed by atoms with Crippen LogP contribution < -0.4 is 19.6 Å². The molecule has 0 unspecified atom stereocenters. The molecule has 4 aromatic carbocycles. The standard InChI is InChI=1S/C31H26O5.C2H6/c1-21-13-15-24(16-14-21)26-17-25(32)29-27(34-19-22-9-5-3-6-10-22)18-28(30(33-2)31(29)36-26)35-20-23-11-7-4-8-12-23;1-2/h3-18H,19-20H2,1-2H3;1-2H3. The van der Waals surface area contributed by atoms with Gasteiger partial charge in [-0.1, -0.05) is 104 Å². The number of rotatable bonds is 8. The van der Waals surface area contributed by atoms with Crippen LogP contribution in [0.15, 0.2) is 106 Å². The van der Waals surface area contributed by atoms with E-state index in [9.17, 15) is 4.79 Å². The fraction of sp³-hybridized carbons (Fsp3) is 0.182. The highest BCUT2D eigenvalue weighted by atomic mass is 16.5. The van der Waals surface area contributed by atoms with Gasteiger partial charge in [-0.2, -0.15) is 0 Å². The van der Waals surface area contributed by atoms with Crippen molar-refractivity contribution < 1.29 is 18.6 Å². The monoisotopic (exact) mass is 508 g/mol. The van der Waals surface area contributed by atoms with Crippen molar-refractivity contribution in [3.8, 4) is 28.6 Å². The summed E-state index contributed by atoms with van der Waals surface area (Å²) in [6, 6.07) is 30.6. The van der Waals surface area contributed by atoms with Crippen LogP contribution in [-0.4, -0.2) is 7.11 Å². The first-order valence-corrected chi connectivity index (χ1v) is 12.7. The van der Waals surface area contributed by atoms with Gasteiger partial charge in [0.1, 0.15) is 30.1 Å². The van der Waals surface area contributed by atoms with E-state index in [2.05, 4.69) is 0 Å². The molecule has 5 nitrogen and oxygen atoms in total. The minimum Gasteiger partial charge on any atom is -0.490 e. The Balaban J connectivity index is 0.00000164. The first-order chi connectivity index (χ1) is 18.6. The molecular formula is C33H32O5. The minimum absolute atomic E-state index is 0.220. The average Bonchev–Trinajstić information content (AvgIpc) is 2.97. The number of fused-ring (bicyclic) bond motifs is 1. The molecule has 0 saturated heterocycles. The molecule has 5 heteroatoms. The van der Waals surface area contributed by atoms with Crippen molar-refractivity contribution in [2.24, 2.45) is 0 Å². The van der Waals surface area contributed by atoms with Crippen LogP contribution in [0.3, 0.4) is 0 Å². The summed E-state index contributed by atoms with van der Waals surface area (Å²) in [5.74, 6) is 1.60. The van der Waals surface area contributed by atoms with Gasteiger partial charge in [0, 0.05) is 17.7 Å². The predicted molar refractivity (Wildman–Crippen MR) is 152 cm³/mol. The van der Waals surface area contributed by atoms with Crippen molar-refractivity contribution in [3.05, 3.63) is 124 Å². The topological polar surface area (TPSA) is 57.9 Å². The Morgan fingerprint density at radius 3 is 1.82 bits per heavy atom. The molecule has 0 saturated carbocycles. The summed E-state index contributed by atoms with van der Waals surface area (Å²) in [6.07, 6.45) is 0. The summed E-state index contributed by atoms with van der Waals surface area (Å²) in [5, 5.41) is 0.311. The third-order valence-corrected chi connectivity index (χ3v) is 5.90. The van der Waals surface area contributed by atoms with E-state index >= 15 is 0 Å². The second-order valence-corrected chi connectivity index (χ2v) is 8.50. The Hall–Kier alpha value is -4.51. The molecule has 0 fully saturated rings. The van der Waals surface area contributed by atoms with Gasteiger partial charge < -0.3 is 18.6 Å². The Morgan fingerprint density at radius 1 is 0.711 bits per heavy atom. The van der Waals surface area contributed by atoms with E-state index in [-0.39, 0.29) is 11.0 Å². The van der Waals surface area contributed by atoms with Crippen LogP contribution in [0.4, 0.5) is 0 Å². The maximum atomic E-state index is 13.4. The maximum absolute atomic E-state index is 13.4. The number of aryl methyl sites for hydroxylation is 1. The quantitative estimate of drug-likeness (QED) is 0.213. The van der Waals surface area contributed by atoms with Crippen LogP contribution in [-0.2, 0) is 13.2 Å². The highest BCUT2D eigenvalue weighted by molar-refractivity contribution is 5.92. The van der Waals surface area contributed by atoms with Gasteiger partial charge in [0.05, 0.1) is 7.11 Å². The molecule has 0 aliphatic heterocycles. The Labute approximate surface area is 223 Å². The van der Waals surface area contributed by atoms with Crippen LogP contribution >= 0.6 is 0 Å². The summed E-state index contributed by atoms with van der Waals surface area (Å²) in [5.41, 5.74) is 3.96. The molecule has 0 radical (unpaired) electrons. The maximum Gasteiger partial charge on any atom is 0.205 e. The molecular weight excluding hydrogens is 476 g/mol. The zero-order valence-corrected chi connectivity index (χ0v) is 22.2. The van der Waals surface area contributed by atoms with Gasteiger partial charge in [0.15, 0.2) is 16.8 Å². The van der Waals surface area contributed by atoms with Crippen LogP contribution in [0.2, 0.25) is 0 Å². The number of benzene rings is 4. The second-order valence-electron chi connectivity index (χ2n) is 8.50. The smallest absolute Gasteiger partial charge is 0.205 e. The van der Waals surface area contributed by atoms with E-state index in [1.54, 1.807) is 6.07 Å². The lowest BCUT2D eigenvalue weighted by atomic mass is 10.1. The molecule has 5 rings (SSSR count). The van der Waals surface area contributed by atoms with Crippen molar-refractivity contribution in [1.82, 2.24) is 0 Å². The average molecular weight is 509 g/mol. The van der Waals surface area contributed by atoms with E-state index in [0.717, 1.165) is 22.3 Å². The van der Waals surface area contributed by atoms with Gasteiger partial charge in [-0.05, 0) is 18.1 Å². The number of hydrogen-bond acceptors (Lipinski definition) is 5. The van der Waals surface area contributed by atoms with Crippen molar-refractivity contribution in [2.75, 3.05) is 7.11 Å². The number of hydrogen-bond donors (Lipinski definition) is 0. The van der Waals surface area contributed by atoms with Crippen LogP contribution in [0.25, 0.3) is 22.3 Å². The van der Waals surface area contributed by atoms with E-state index in [0.29, 0.717) is 41.6 Å². The molecule has 0 spiro atoms. The van der Waals surface area contributed by atoms with E-state index < -0.39 is 0 Å². The lowest BCUT2D eigenvalue weighted by Crippen LogP contribution is -2.07. The van der Waals surface area contributed by atoms with Crippen LogP contribution in [0, 0.1) is 6.92 Å². The van der Waals surface area contributed by atoms with Crippen molar-refractivity contribution in [1.29, 1.82) is 0 Å². The normalized spacial score (nSPS) is 10.4. The second kappa shape index (κ2) is 12.6. The molecule has 1 heterocycles. The molecule has 0 atom stereocenters. The van der Waals surface area contributed by atoms with Gasteiger partial charge in [-0.15, -0.1) is 0 Å². The summed E-state index contributed by atoms with van der Waals surface area (Å²) in [6.45, 7) is 6.62. The largest absolute Gasteiger partial charge is 0.490 e. The van der Waals surface area contributed by atoms with Crippen molar-refractivity contribution in [3.63, 3.8) is 0 Å². The summed E-state index contributed by atoms with van der Waals surface area (Å²) in [4.78, 5) is 13.4. The van der Waals surface area contributed by atoms with Gasteiger partial charge in [-0.3, -0.25) is 4.79 Å². The zero-order chi connectivity index (χ0) is 26.9. The third-order valence-electron chi connectivity index (χ3n) is 5.90. The first-order valence-electron chi connectivity index (χ1n) is 12.7. The van der Waals surface area contributed by atoms with Gasteiger partial charge in [0.25, 0.3) is 0 Å². The number of methoxy groups -OCH3 is 1. The summed E-state index contributed by atoms with van der Waals surface area (Å²) in [7, 11) is 1.53. The molecule has 5 aromatic rings. The molecule has 0 aliphatic rings. The fourth-order valence-electron chi connectivity index (χ4n) is 4.00. The summed E-state index contributed by atoms with van der Waals surface area (Å²) < 4.78 is 24.3. The number of ether oxygens (including phenoxy) is 3.